The second-order valence-corrected chi connectivity index (χ2v) is 28.9. The first kappa shape index (κ1) is 40.6. The van der Waals surface area contributed by atoms with Crippen LogP contribution in [0.5, 0.6) is 0 Å². The van der Waals surface area contributed by atoms with E-state index in [0.717, 1.165) is 32.1 Å². The first-order valence-corrected chi connectivity index (χ1v) is 25.2. The molecule has 2 aliphatic carbocycles. The first-order valence-electron chi connectivity index (χ1n) is 18.2. The second-order valence-electron chi connectivity index (χ2n) is 17.9. The molecule has 1 saturated heterocycles. The summed E-state index contributed by atoms with van der Waals surface area (Å²) in [4.78, 5) is 12.2. The molecule has 2 unspecified atom stereocenters. The number of halogens is 2. The maximum atomic E-state index is 16.8. The summed E-state index contributed by atoms with van der Waals surface area (Å²) in [5, 5.41) is 0.170. The zero-order valence-corrected chi connectivity index (χ0v) is 35.6. The van der Waals surface area contributed by atoms with Crippen molar-refractivity contribution in [3.8, 4) is 0 Å². The average Bonchev–Trinajstić information content (AvgIpc) is 3.63. The van der Waals surface area contributed by atoms with Crippen molar-refractivity contribution >= 4 is 45.2 Å². The molecule has 5 nitrogen and oxygen atoms in total. The van der Waals surface area contributed by atoms with Gasteiger partial charge in [-0.3, -0.25) is 4.79 Å². The van der Waals surface area contributed by atoms with Crippen molar-refractivity contribution in [3.63, 3.8) is 0 Å². The molecule has 268 valence electrons. The summed E-state index contributed by atoms with van der Waals surface area (Å²) >= 11 is 2.41. The molecule has 0 amide bonds. The molecule has 46 heavy (non-hydrogen) atoms. The fourth-order valence-corrected chi connectivity index (χ4v) is 11.1. The molecular formula is C37H68FIO5Si2. The van der Waals surface area contributed by atoms with Crippen molar-refractivity contribution in [2.24, 2.45) is 29.6 Å². The van der Waals surface area contributed by atoms with Crippen molar-refractivity contribution in [3.05, 3.63) is 12.2 Å². The van der Waals surface area contributed by atoms with E-state index in [4.69, 9.17) is 18.3 Å². The van der Waals surface area contributed by atoms with E-state index in [2.05, 4.69) is 116 Å². The highest BCUT2D eigenvalue weighted by molar-refractivity contribution is 14.1. The smallest absolute Gasteiger partial charge is 0.308 e. The van der Waals surface area contributed by atoms with E-state index in [0.29, 0.717) is 5.92 Å². The molecule has 0 aromatic heterocycles. The molecule has 11 atom stereocenters. The molecule has 0 radical (unpaired) electrons. The Hall–Kier alpha value is 0.184. The fraction of sp³-hybridized carbons (Fsp3) is 0.919. The molecule has 0 aromatic carbocycles. The number of unbranched alkanes of at least 4 members (excludes halogenated alkanes) is 1. The zero-order chi connectivity index (χ0) is 34.8. The first-order chi connectivity index (χ1) is 21.1. The van der Waals surface area contributed by atoms with Gasteiger partial charge in [-0.1, -0.05) is 109 Å². The van der Waals surface area contributed by atoms with E-state index >= 15 is 4.39 Å². The third kappa shape index (κ3) is 9.70. The molecule has 3 rings (SSSR count). The Balaban J connectivity index is 1.90. The van der Waals surface area contributed by atoms with E-state index in [9.17, 15) is 4.79 Å². The Bertz CT molecular complexity index is 1020. The minimum absolute atomic E-state index is 0.00238. The van der Waals surface area contributed by atoms with Crippen LogP contribution in [-0.4, -0.2) is 64.2 Å². The van der Waals surface area contributed by atoms with Crippen molar-refractivity contribution in [2.45, 2.75) is 178 Å². The lowest BCUT2D eigenvalue weighted by Crippen LogP contribution is -2.46. The lowest BCUT2D eigenvalue weighted by molar-refractivity contribution is -0.145. The van der Waals surface area contributed by atoms with Gasteiger partial charge in [0.05, 0.1) is 31.3 Å². The standard InChI is InChI=1S/C37H68FIO5Si2/c1-14-15-16-24(2)21-27(43-45(10,11)36(3,4)5)19-20-28-29(44-46(12,13)37(6,7)8)23-30-31(28)32(38)34(42-30)33(39)25-17-18-26(22-25)35(40)41-9/h19-20,24-34H,14-18,21-23H2,1-13H3/b20-19+/t24-,25-,26+,27+,28-,29+,30-,31+,32+,33?,34?/m0/s1. The highest BCUT2D eigenvalue weighted by Crippen LogP contribution is 2.52. The van der Waals surface area contributed by atoms with Crippen molar-refractivity contribution in [1.82, 2.24) is 0 Å². The Morgan fingerprint density at radius 1 is 1.04 bits per heavy atom. The molecule has 3 fully saturated rings. The maximum Gasteiger partial charge on any atom is 0.308 e. The topological polar surface area (TPSA) is 54.0 Å². The summed E-state index contributed by atoms with van der Waals surface area (Å²) in [5.41, 5.74) is 0. The number of carbonyl (C=O) groups excluding carboxylic acids is 1. The van der Waals surface area contributed by atoms with Gasteiger partial charge in [0, 0.05) is 15.8 Å². The van der Waals surface area contributed by atoms with Gasteiger partial charge in [-0.15, -0.1) is 0 Å². The van der Waals surface area contributed by atoms with Gasteiger partial charge in [0.25, 0.3) is 0 Å². The zero-order valence-electron chi connectivity index (χ0n) is 31.5. The van der Waals surface area contributed by atoms with Crippen molar-refractivity contribution in [1.29, 1.82) is 0 Å². The number of hydrogen-bond acceptors (Lipinski definition) is 5. The molecule has 0 N–H and O–H groups in total. The molecule has 9 heteroatoms. The number of hydrogen-bond donors (Lipinski definition) is 0. The van der Waals surface area contributed by atoms with Crippen LogP contribution in [0.2, 0.25) is 36.3 Å². The van der Waals surface area contributed by atoms with E-state index < -0.39 is 28.9 Å². The third-order valence-corrected chi connectivity index (χ3v) is 23.0. The van der Waals surface area contributed by atoms with Gasteiger partial charge in [0.2, 0.25) is 0 Å². The van der Waals surface area contributed by atoms with E-state index in [1.165, 1.54) is 26.4 Å². The normalized spacial score (nSPS) is 32.9. The molecule has 3 aliphatic rings. The highest BCUT2D eigenvalue weighted by atomic mass is 127. The summed E-state index contributed by atoms with van der Waals surface area (Å²) in [6.45, 7) is 27.6. The van der Waals surface area contributed by atoms with Crippen LogP contribution in [0.15, 0.2) is 12.2 Å². The minimum Gasteiger partial charge on any atom is -0.469 e. The monoisotopic (exact) mass is 794 g/mol. The van der Waals surface area contributed by atoms with Gasteiger partial charge in [0.1, 0.15) is 12.3 Å². The van der Waals surface area contributed by atoms with E-state index in [1.807, 2.05) is 0 Å². The SMILES string of the molecule is CCCC[C@H](C)C[C@@H](/C=C/[C@@H]1[C@@H]2[C@H](C[C@H]1O[Si](C)(C)C(C)(C)C)OC(C(I)[C@H]1CC[C@@H](C(=O)OC)C1)[C@@H]2F)O[Si](C)(C)C(C)(C)C. The number of methoxy groups -OCH3 is 1. The van der Waals surface area contributed by atoms with Crippen LogP contribution < -0.4 is 0 Å². The van der Waals surface area contributed by atoms with Gasteiger partial charge in [-0.2, -0.15) is 0 Å². The quantitative estimate of drug-likeness (QED) is 0.0576. The van der Waals surface area contributed by atoms with Gasteiger partial charge in [-0.25, -0.2) is 4.39 Å². The molecular weight excluding hydrogens is 726 g/mol. The number of ether oxygens (including phenoxy) is 2. The predicted octanol–water partition coefficient (Wildman–Crippen LogP) is 10.7. The number of carbonyl (C=O) groups is 1. The minimum atomic E-state index is -2.11. The Morgan fingerprint density at radius 3 is 2.24 bits per heavy atom. The van der Waals surface area contributed by atoms with Gasteiger partial charge in [-0.05, 0) is 80.2 Å². The van der Waals surface area contributed by atoms with Gasteiger partial charge < -0.3 is 18.3 Å². The second kappa shape index (κ2) is 16.0. The van der Waals surface area contributed by atoms with Crippen LogP contribution in [0, 0.1) is 29.6 Å². The molecule has 1 aliphatic heterocycles. The maximum absolute atomic E-state index is 16.8. The largest absolute Gasteiger partial charge is 0.469 e. The van der Waals surface area contributed by atoms with Crippen LogP contribution in [0.4, 0.5) is 4.39 Å². The number of rotatable bonds is 14. The highest BCUT2D eigenvalue weighted by Gasteiger charge is 2.59. The average molecular weight is 795 g/mol. The summed E-state index contributed by atoms with van der Waals surface area (Å²) in [6, 6.07) is 0. The molecule has 1 heterocycles. The van der Waals surface area contributed by atoms with Crippen molar-refractivity contribution < 1.29 is 27.5 Å². The Kier molecular flexibility index (Phi) is 14.2. The van der Waals surface area contributed by atoms with Crippen molar-refractivity contribution in [2.75, 3.05) is 7.11 Å². The lowest BCUT2D eigenvalue weighted by Gasteiger charge is -2.41. The molecule has 0 spiro atoms. The molecule has 2 saturated carbocycles. The third-order valence-electron chi connectivity index (χ3n) is 12.3. The summed E-state index contributed by atoms with van der Waals surface area (Å²) in [5.74, 6) is 0.293. The lowest BCUT2D eigenvalue weighted by atomic mass is 9.85. The van der Waals surface area contributed by atoms with Crippen LogP contribution in [0.25, 0.3) is 0 Å². The molecule has 0 bridgehead atoms. The summed E-state index contributed by atoms with van der Waals surface area (Å²) < 4.78 is 42.7. The van der Waals surface area contributed by atoms with Crippen LogP contribution in [0.3, 0.4) is 0 Å². The molecule has 0 aromatic rings. The summed E-state index contributed by atoms with van der Waals surface area (Å²) in [6.07, 6.45) is 10.6. The number of esters is 1. The Labute approximate surface area is 297 Å². The number of fused-ring (bicyclic) bond motifs is 1. The predicted molar refractivity (Wildman–Crippen MR) is 202 cm³/mol. The van der Waals surface area contributed by atoms with Gasteiger partial charge >= 0.3 is 5.97 Å². The fourth-order valence-electron chi connectivity index (χ4n) is 7.28. The number of alkyl halides is 2. The van der Waals surface area contributed by atoms with E-state index in [-0.39, 0.29) is 62.0 Å². The van der Waals surface area contributed by atoms with Gasteiger partial charge in [0.15, 0.2) is 16.6 Å². The summed E-state index contributed by atoms with van der Waals surface area (Å²) in [7, 11) is -2.68. The van der Waals surface area contributed by atoms with Crippen LogP contribution >= 0.6 is 22.6 Å². The van der Waals surface area contributed by atoms with Crippen LogP contribution in [-0.2, 0) is 23.1 Å². The van der Waals surface area contributed by atoms with Crippen LogP contribution in [0.1, 0.15) is 107 Å². The Morgan fingerprint density at radius 2 is 1.67 bits per heavy atom. The van der Waals surface area contributed by atoms with E-state index in [1.54, 1.807) is 0 Å².